The number of hydrogen-bond acceptors (Lipinski definition) is 2. The van der Waals surface area contributed by atoms with Crippen LogP contribution in [0.15, 0.2) is 48.3 Å². The number of aryl methyl sites for hydroxylation is 1. The van der Waals surface area contributed by atoms with Crippen molar-refractivity contribution in [1.82, 2.24) is 4.98 Å². The first-order chi connectivity index (χ1) is 12.0. The molecule has 2 aromatic rings. The predicted octanol–water partition coefficient (Wildman–Crippen LogP) is 2.63. The molecule has 25 heavy (non-hydrogen) atoms. The molecule has 1 aromatic heterocycles. The van der Waals surface area contributed by atoms with Crippen molar-refractivity contribution in [2.24, 2.45) is 5.92 Å². The van der Waals surface area contributed by atoms with Gasteiger partial charge in [0.1, 0.15) is 12.3 Å². The summed E-state index contributed by atoms with van der Waals surface area (Å²) in [6.45, 7) is 16.6. The lowest BCUT2D eigenvalue weighted by atomic mass is 10.1. The quantitative estimate of drug-likeness (QED) is 0.689. The minimum absolute atomic E-state index is 0.0758. The Balaban J connectivity index is 2.41. The molecule has 2 N–H and O–H groups in total. The van der Waals surface area contributed by atoms with Crippen molar-refractivity contribution in [3.8, 4) is 5.75 Å². The second-order valence-electron chi connectivity index (χ2n) is 6.88. The molecule has 4 heteroatoms. The van der Waals surface area contributed by atoms with Crippen LogP contribution in [-0.2, 0) is 6.54 Å². The van der Waals surface area contributed by atoms with Gasteiger partial charge >= 0.3 is 0 Å². The highest BCUT2D eigenvalue weighted by molar-refractivity contribution is 5.81. The third-order valence-electron chi connectivity index (χ3n) is 4.16. The Hall–Kier alpha value is -2.33. The molecule has 2 rings (SSSR count). The van der Waals surface area contributed by atoms with Crippen molar-refractivity contribution >= 4 is 10.9 Å². The summed E-state index contributed by atoms with van der Waals surface area (Å²) in [4.78, 5) is 17.6. The van der Waals surface area contributed by atoms with Crippen LogP contribution in [0.3, 0.4) is 0 Å². The number of benzene rings is 1. The third kappa shape index (κ3) is 4.83. The van der Waals surface area contributed by atoms with Crippen LogP contribution in [0.5, 0.6) is 5.75 Å². The first-order valence-electron chi connectivity index (χ1n) is 8.80. The van der Waals surface area contributed by atoms with Crippen LogP contribution in [0, 0.1) is 12.8 Å². The van der Waals surface area contributed by atoms with E-state index in [0.29, 0.717) is 24.5 Å². The summed E-state index contributed by atoms with van der Waals surface area (Å²) < 4.78 is 5.77. The summed E-state index contributed by atoms with van der Waals surface area (Å²) >= 11 is 0. The number of quaternary nitrogens is 1. The van der Waals surface area contributed by atoms with Gasteiger partial charge in [-0.1, -0.05) is 27.0 Å². The van der Waals surface area contributed by atoms with E-state index in [0.717, 1.165) is 35.6 Å². The lowest BCUT2D eigenvalue weighted by Crippen LogP contribution is -3.10. The summed E-state index contributed by atoms with van der Waals surface area (Å²) in [5.41, 5.74) is 2.65. The summed E-state index contributed by atoms with van der Waals surface area (Å²) in [6, 6.07) is 5.67. The molecule has 0 radical (unpaired) electrons. The average Bonchev–Trinajstić information content (AvgIpc) is 2.57. The molecule has 0 aliphatic carbocycles. The van der Waals surface area contributed by atoms with Crippen LogP contribution < -0.4 is 15.1 Å². The molecule has 4 nitrogen and oxygen atoms in total. The Morgan fingerprint density at radius 1 is 1.24 bits per heavy atom. The normalized spacial score (nSPS) is 11.2. The molecule has 0 aliphatic heterocycles. The average molecular weight is 341 g/mol. The van der Waals surface area contributed by atoms with Crippen LogP contribution in [0.4, 0.5) is 0 Å². The van der Waals surface area contributed by atoms with E-state index in [4.69, 9.17) is 4.74 Å². The van der Waals surface area contributed by atoms with E-state index in [1.807, 2.05) is 37.3 Å². The van der Waals surface area contributed by atoms with Gasteiger partial charge in [0.05, 0.1) is 25.3 Å². The number of rotatable bonds is 9. The summed E-state index contributed by atoms with van der Waals surface area (Å²) in [7, 11) is 0. The zero-order valence-corrected chi connectivity index (χ0v) is 15.5. The molecule has 0 bridgehead atoms. The van der Waals surface area contributed by atoms with Gasteiger partial charge in [-0.05, 0) is 43.2 Å². The number of pyridine rings is 1. The molecule has 1 aromatic carbocycles. The monoisotopic (exact) mass is 341 g/mol. The summed E-state index contributed by atoms with van der Waals surface area (Å²) in [6.07, 6.45) is 3.75. The van der Waals surface area contributed by atoms with Crippen molar-refractivity contribution in [3.05, 3.63) is 65.0 Å². The SMILES string of the molecule is C=CC[NH+](CC=C)Cc1c(C)[nH]c2ccc(OCC(C)C)cc2c1=O. The highest BCUT2D eigenvalue weighted by Crippen LogP contribution is 2.19. The molecule has 0 aliphatic rings. The molecular formula is C21H29N2O2+. The van der Waals surface area contributed by atoms with E-state index in [9.17, 15) is 4.79 Å². The van der Waals surface area contributed by atoms with Crippen molar-refractivity contribution in [1.29, 1.82) is 0 Å². The molecule has 0 amide bonds. The van der Waals surface area contributed by atoms with Crippen LogP contribution >= 0.6 is 0 Å². The van der Waals surface area contributed by atoms with Gasteiger partial charge in [-0.25, -0.2) is 0 Å². The van der Waals surface area contributed by atoms with Gasteiger partial charge in [0.2, 0.25) is 0 Å². The minimum atomic E-state index is 0.0758. The van der Waals surface area contributed by atoms with Crippen molar-refractivity contribution < 1.29 is 9.64 Å². The minimum Gasteiger partial charge on any atom is -0.493 e. The lowest BCUT2D eigenvalue weighted by molar-refractivity contribution is -0.902. The zero-order valence-electron chi connectivity index (χ0n) is 15.5. The molecule has 0 spiro atoms. The molecule has 0 fully saturated rings. The first kappa shape index (κ1) is 19.0. The van der Waals surface area contributed by atoms with E-state index in [1.54, 1.807) is 0 Å². The molecule has 1 heterocycles. The van der Waals surface area contributed by atoms with E-state index >= 15 is 0 Å². The topological polar surface area (TPSA) is 46.5 Å². The second-order valence-corrected chi connectivity index (χ2v) is 6.88. The van der Waals surface area contributed by atoms with Crippen LogP contribution in [0.1, 0.15) is 25.1 Å². The van der Waals surface area contributed by atoms with Gasteiger partial charge in [-0.2, -0.15) is 0 Å². The van der Waals surface area contributed by atoms with Gasteiger partial charge in [-0.3, -0.25) is 4.79 Å². The number of aromatic amines is 1. The smallest absolute Gasteiger partial charge is 0.198 e. The van der Waals surface area contributed by atoms with Crippen LogP contribution in [0.2, 0.25) is 0 Å². The molecular weight excluding hydrogens is 312 g/mol. The van der Waals surface area contributed by atoms with E-state index in [2.05, 4.69) is 32.0 Å². The Morgan fingerprint density at radius 3 is 2.52 bits per heavy atom. The number of H-pyrrole nitrogens is 1. The van der Waals surface area contributed by atoms with Gasteiger partial charge in [0.15, 0.2) is 5.43 Å². The molecule has 0 unspecified atom stereocenters. The number of ether oxygens (including phenoxy) is 1. The summed E-state index contributed by atoms with van der Waals surface area (Å²) in [5, 5.41) is 0.679. The van der Waals surface area contributed by atoms with E-state index < -0.39 is 0 Å². The molecule has 0 saturated heterocycles. The van der Waals surface area contributed by atoms with E-state index in [1.165, 1.54) is 4.90 Å². The maximum absolute atomic E-state index is 13.0. The standard InChI is InChI=1S/C21H28N2O2/c1-6-10-23(11-7-2)13-19-16(5)22-20-9-8-17(25-14-15(3)4)12-18(20)21(19)24/h6-9,12,15H,1-2,10-11,13-14H2,3-5H3,(H,22,24)/p+1. The maximum atomic E-state index is 13.0. The van der Waals surface area contributed by atoms with E-state index in [-0.39, 0.29) is 5.43 Å². The highest BCUT2D eigenvalue weighted by atomic mass is 16.5. The van der Waals surface area contributed by atoms with Crippen molar-refractivity contribution in [2.45, 2.75) is 27.3 Å². The number of hydrogen-bond donors (Lipinski definition) is 2. The summed E-state index contributed by atoms with van der Waals surface area (Å²) in [5.74, 6) is 1.18. The predicted molar refractivity (Wildman–Crippen MR) is 104 cm³/mol. The molecule has 134 valence electrons. The maximum Gasteiger partial charge on any atom is 0.198 e. The van der Waals surface area contributed by atoms with Gasteiger partial charge in [0, 0.05) is 16.6 Å². The fourth-order valence-corrected chi connectivity index (χ4v) is 2.88. The fraction of sp³-hybridized carbons (Fsp3) is 0.381. The van der Waals surface area contributed by atoms with Crippen molar-refractivity contribution in [2.75, 3.05) is 19.7 Å². The number of aromatic nitrogens is 1. The Morgan fingerprint density at radius 2 is 1.92 bits per heavy atom. The van der Waals surface area contributed by atoms with Crippen molar-refractivity contribution in [3.63, 3.8) is 0 Å². The first-order valence-corrected chi connectivity index (χ1v) is 8.80. The number of nitrogens with one attached hydrogen (secondary N) is 2. The van der Waals surface area contributed by atoms with Crippen LogP contribution in [-0.4, -0.2) is 24.7 Å². The van der Waals surface area contributed by atoms with Gasteiger partial charge in [0.25, 0.3) is 0 Å². The zero-order chi connectivity index (χ0) is 18.4. The Bertz CT molecular complexity index is 795. The Kier molecular flexibility index (Phi) is 6.59. The molecule has 0 saturated carbocycles. The van der Waals surface area contributed by atoms with Gasteiger partial charge < -0.3 is 14.6 Å². The lowest BCUT2D eigenvalue weighted by Gasteiger charge is -2.17. The third-order valence-corrected chi connectivity index (χ3v) is 4.16. The second kappa shape index (κ2) is 8.67. The molecule has 0 atom stereocenters. The largest absolute Gasteiger partial charge is 0.493 e. The fourth-order valence-electron chi connectivity index (χ4n) is 2.88. The van der Waals surface area contributed by atoms with Crippen LogP contribution in [0.25, 0.3) is 10.9 Å². The number of fused-ring (bicyclic) bond motifs is 1. The Labute approximate surface area is 149 Å². The highest BCUT2D eigenvalue weighted by Gasteiger charge is 2.15. The van der Waals surface area contributed by atoms with Gasteiger partial charge in [-0.15, -0.1) is 0 Å².